The first-order valence-corrected chi connectivity index (χ1v) is 7.67. The minimum absolute atomic E-state index is 0.0493. The Morgan fingerprint density at radius 1 is 1.30 bits per heavy atom. The number of nitrogens with one attached hydrogen (secondary N) is 1. The zero-order chi connectivity index (χ0) is 16.2. The lowest BCUT2D eigenvalue weighted by molar-refractivity contribution is -0.116. The molecule has 0 unspecified atom stereocenters. The van der Waals surface area contributed by atoms with E-state index < -0.39 is 5.76 Å². The van der Waals surface area contributed by atoms with Gasteiger partial charge in [-0.2, -0.15) is 4.68 Å². The molecule has 2 heterocycles. The fraction of sp³-hybridized carbons (Fsp3) is 0.133. The topological polar surface area (TPSA) is 77.1 Å². The van der Waals surface area contributed by atoms with E-state index in [1.165, 1.54) is 35.6 Å². The summed E-state index contributed by atoms with van der Waals surface area (Å²) in [5.74, 6) is -1.05. The molecular formula is C15H12FN3O3S. The summed E-state index contributed by atoms with van der Waals surface area (Å²) in [6.45, 7) is 0.0980. The number of hydrogen-bond acceptors (Lipinski definition) is 5. The van der Waals surface area contributed by atoms with Crippen molar-refractivity contribution in [3.63, 3.8) is 0 Å². The van der Waals surface area contributed by atoms with Crippen LogP contribution in [-0.2, 0) is 11.3 Å². The van der Waals surface area contributed by atoms with Crippen LogP contribution in [0.5, 0.6) is 0 Å². The number of amides is 1. The van der Waals surface area contributed by atoms with Gasteiger partial charge in [0.2, 0.25) is 5.91 Å². The summed E-state index contributed by atoms with van der Waals surface area (Å²) < 4.78 is 19.0. The molecule has 118 valence electrons. The highest BCUT2D eigenvalue weighted by Gasteiger charge is 2.12. The average Bonchev–Trinajstić information content (AvgIpc) is 3.17. The number of carbonyl (C=O) groups is 1. The van der Waals surface area contributed by atoms with Crippen molar-refractivity contribution in [2.75, 3.05) is 5.32 Å². The van der Waals surface area contributed by atoms with Crippen LogP contribution in [0.1, 0.15) is 6.42 Å². The Labute approximate surface area is 134 Å². The number of benzene rings is 1. The van der Waals surface area contributed by atoms with Crippen molar-refractivity contribution in [2.24, 2.45) is 0 Å². The number of nitrogens with zero attached hydrogens (tertiary/aromatic N) is 2. The lowest BCUT2D eigenvalue weighted by Gasteiger charge is -2.04. The number of aromatic nitrogens is 2. The van der Waals surface area contributed by atoms with Gasteiger partial charge in [-0.1, -0.05) is 6.07 Å². The van der Waals surface area contributed by atoms with Crippen LogP contribution in [0, 0.1) is 5.82 Å². The highest BCUT2D eigenvalue weighted by molar-refractivity contribution is 7.13. The predicted octanol–water partition coefficient (Wildman–Crippen LogP) is 2.73. The maximum absolute atomic E-state index is 12.8. The number of anilines is 1. The van der Waals surface area contributed by atoms with E-state index >= 15 is 0 Å². The summed E-state index contributed by atoms with van der Waals surface area (Å²) in [6.07, 6.45) is 0.0493. The van der Waals surface area contributed by atoms with Gasteiger partial charge in [-0.05, 0) is 35.7 Å². The van der Waals surface area contributed by atoms with Gasteiger partial charge in [0.05, 0.1) is 11.4 Å². The van der Waals surface area contributed by atoms with Gasteiger partial charge < -0.3 is 9.73 Å². The van der Waals surface area contributed by atoms with E-state index in [1.807, 2.05) is 11.4 Å². The molecule has 0 saturated heterocycles. The number of carbonyl (C=O) groups excluding carboxylic acids is 1. The highest BCUT2D eigenvalue weighted by Crippen LogP contribution is 2.21. The van der Waals surface area contributed by atoms with E-state index in [0.717, 1.165) is 9.56 Å². The molecule has 0 spiro atoms. The van der Waals surface area contributed by atoms with E-state index in [-0.39, 0.29) is 30.6 Å². The molecule has 1 aromatic carbocycles. The summed E-state index contributed by atoms with van der Waals surface area (Å²) in [5, 5.41) is 8.53. The SMILES string of the molecule is O=C(CCn1nc(-c2cccs2)oc1=O)Nc1ccc(F)cc1. The molecule has 0 bridgehead atoms. The van der Waals surface area contributed by atoms with Crippen LogP contribution in [-0.4, -0.2) is 15.7 Å². The number of rotatable bonds is 5. The second-order valence-corrected chi connectivity index (χ2v) is 5.63. The predicted molar refractivity (Wildman–Crippen MR) is 83.7 cm³/mol. The normalized spacial score (nSPS) is 10.7. The lowest BCUT2D eigenvalue weighted by atomic mass is 10.3. The van der Waals surface area contributed by atoms with E-state index in [0.29, 0.717) is 5.69 Å². The number of hydrogen-bond donors (Lipinski definition) is 1. The third-order valence-corrected chi connectivity index (χ3v) is 3.87. The summed E-state index contributed by atoms with van der Waals surface area (Å²) >= 11 is 1.41. The summed E-state index contributed by atoms with van der Waals surface area (Å²) in [4.78, 5) is 24.3. The highest BCUT2D eigenvalue weighted by atomic mass is 32.1. The maximum atomic E-state index is 12.8. The first-order chi connectivity index (χ1) is 11.1. The van der Waals surface area contributed by atoms with Gasteiger partial charge in [-0.25, -0.2) is 9.18 Å². The van der Waals surface area contributed by atoms with Crippen LogP contribution in [0.3, 0.4) is 0 Å². The molecule has 0 saturated carbocycles. The van der Waals surface area contributed by atoms with Crippen LogP contribution >= 0.6 is 11.3 Å². The molecule has 23 heavy (non-hydrogen) atoms. The Balaban J connectivity index is 1.61. The van der Waals surface area contributed by atoms with Crippen LogP contribution in [0.25, 0.3) is 10.8 Å². The monoisotopic (exact) mass is 333 g/mol. The Hall–Kier alpha value is -2.74. The maximum Gasteiger partial charge on any atom is 0.437 e. The molecule has 0 aliphatic heterocycles. The van der Waals surface area contributed by atoms with E-state index in [4.69, 9.17) is 4.42 Å². The fourth-order valence-electron chi connectivity index (χ4n) is 1.91. The number of thiophene rings is 1. The van der Waals surface area contributed by atoms with Crippen molar-refractivity contribution in [3.8, 4) is 10.8 Å². The molecule has 0 atom stereocenters. The van der Waals surface area contributed by atoms with E-state index in [9.17, 15) is 14.0 Å². The lowest BCUT2D eigenvalue weighted by Crippen LogP contribution is -2.20. The molecule has 0 radical (unpaired) electrons. The first kappa shape index (κ1) is 15.2. The average molecular weight is 333 g/mol. The van der Waals surface area contributed by atoms with Crippen LogP contribution < -0.4 is 11.1 Å². The fourth-order valence-corrected chi connectivity index (χ4v) is 2.56. The number of aryl methyl sites for hydroxylation is 1. The molecule has 0 aliphatic rings. The largest absolute Gasteiger partial charge is 0.437 e. The number of halogens is 1. The molecule has 3 aromatic rings. The van der Waals surface area contributed by atoms with Crippen molar-refractivity contribution >= 4 is 22.9 Å². The zero-order valence-corrected chi connectivity index (χ0v) is 12.7. The van der Waals surface area contributed by atoms with Gasteiger partial charge in [-0.3, -0.25) is 4.79 Å². The zero-order valence-electron chi connectivity index (χ0n) is 11.9. The summed E-state index contributed by atoms with van der Waals surface area (Å²) in [5.41, 5.74) is 0.489. The third-order valence-electron chi connectivity index (χ3n) is 3.02. The Kier molecular flexibility index (Phi) is 4.33. The molecule has 1 N–H and O–H groups in total. The van der Waals surface area contributed by atoms with Crippen molar-refractivity contribution in [2.45, 2.75) is 13.0 Å². The van der Waals surface area contributed by atoms with E-state index in [1.54, 1.807) is 6.07 Å². The van der Waals surface area contributed by atoms with Gasteiger partial charge in [0.1, 0.15) is 5.82 Å². The van der Waals surface area contributed by atoms with Crippen molar-refractivity contribution < 1.29 is 13.6 Å². The molecule has 6 nitrogen and oxygen atoms in total. The Morgan fingerprint density at radius 2 is 2.09 bits per heavy atom. The minimum atomic E-state index is -0.608. The van der Waals surface area contributed by atoms with Gasteiger partial charge in [0.15, 0.2) is 0 Å². The third kappa shape index (κ3) is 3.72. The van der Waals surface area contributed by atoms with E-state index in [2.05, 4.69) is 10.4 Å². The van der Waals surface area contributed by atoms with Gasteiger partial charge in [0.25, 0.3) is 5.89 Å². The standard InChI is InChI=1S/C15H12FN3O3S/c16-10-3-5-11(6-4-10)17-13(20)7-8-19-15(21)22-14(18-19)12-2-1-9-23-12/h1-6,9H,7-8H2,(H,17,20). The van der Waals surface area contributed by atoms with Gasteiger partial charge in [-0.15, -0.1) is 16.4 Å². The Bertz CT molecular complexity index is 853. The minimum Gasteiger partial charge on any atom is -0.387 e. The van der Waals surface area contributed by atoms with Gasteiger partial charge >= 0.3 is 5.76 Å². The Morgan fingerprint density at radius 3 is 2.78 bits per heavy atom. The molecule has 3 rings (SSSR count). The summed E-state index contributed by atoms with van der Waals surface area (Å²) in [6, 6.07) is 9.06. The molecule has 0 aliphatic carbocycles. The second-order valence-electron chi connectivity index (χ2n) is 4.68. The van der Waals surface area contributed by atoms with Gasteiger partial charge in [0, 0.05) is 12.1 Å². The van der Waals surface area contributed by atoms with Crippen molar-refractivity contribution in [1.29, 1.82) is 0 Å². The van der Waals surface area contributed by atoms with Crippen LogP contribution in [0.4, 0.5) is 10.1 Å². The molecule has 1 amide bonds. The molecule has 8 heteroatoms. The second kappa shape index (κ2) is 6.57. The molecule has 0 fully saturated rings. The van der Waals surface area contributed by atoms with Crippen LogP contribution in [0.15, 0.2) is 51.0 Å². The van der Waals surface area contributed by atoms with Crippen molar-refractivity contribution in [1.82, 2.24) is 9.78 Å². The summed E-state index contributed by atoms with van der Waals surface area (Å²) in [7, 11) is 0. The quantitative estimate of drug-likeness (QED) is 0.779. The smallest absolute Gasteiger partial charge is 0.387 e. The first-order valence-electron chi connectivity index (χ1n) is 6.79. The molecule has 2 aromatic heterocycles. The van der Waals surface area contributed by atoms with Crippen LogP contribution in [0.2, 0.25) is 0 Å². The van der Waals surface area contributed by atoms with Crippen molar-refractivity contribution in [3.05, 3.63) is 58.1 Å². The molecular weight excluding hydrogens is 321 g/mol.